The van der Waals surface area contributed by atoms with Crippen LogP contribution in [-0.4, -0.2) is 18.5 Å². The third-order valence-corrected chi connectivity index (χ3v) is 5.72. The fourth-order valence-electron chi connectivity index (χ4n) is 4.30. The van der Waals surface area contributed by atoms with E-state index in [9.17, 15) is 14.9 Å². The van der Waals surface area contributed by atoms with Crippen LogP contribution >= 0.6 is 11.6 Å². The van der Waals surface area contributed by atoms with Gasteiger partial charge in [-0.15, -0.1) is 0 Å². The van der Waals surface area contributed by atoms with Crippen LogP contribution in [0.25, 0.3) is 0 Å². The molecule has 7 nitrogen and oxygen atoms in total. The second kappa shape index (κ2) is 5.87. The van der Waals surface area contributed by atoms with Gasteiger partial charge in [0.25, 0.3) is 0 Å². The summed E-state index contributed by atoms with van der Waals surface area (Å²) in [6.45, 7) is -0.0621. The Morgan fingerprint density at radius 1 is 1.17 bits per heavy atom. The lowest BCUT2D eigenvalue weighted by molar-refractivity contribution is -0.137. The zero-order chi connectivity index (χ0) is 20.3. The molecule has 0 saturated carbocycles. The van der Waals surface area contributed by atoms with Crippen LogP contribution in [-0.2, 0) is 19.7 Å². The molecule has 0 aliphatic carbocycles. The van der Waals surface area contributed by atoms with Crippen LogP contribution in [0, 0.1) is 11.3 Å². The number of esters is 1. The van der Waals surface area contributed by atoms with Gasteiger partial charge in [0, 0.05) is 22.0 Å². The molecule has 3 N–H and O–H groups in total. The normalized spacial score (nSPS) is 22.4. The number of rotatable bonds is 1. The molecule has 2 aromatic carbocycles. The number of nitrogens with zero attached hydrogens (tertiary/aromatic N) is 2. The number of para-hydroxylation sites is 1. The molecule has 1 spiro atoms. The van der Waals surface area contributed by atoms with Crippen molar-refractivity contribution < 1.29 is 14.3 Å². The molecule has 3 aliphatic heterocycles. The lowest BCUT2D eigenvalue weighted by atomic mass is 9.67. The van der Waals surface area contributed by atoms with E-state index < -0.39 is 17.3 Å². The zero-order valence-corrected chi connectivity index (χ0v) is 15.7. The Morgan fingerprint density at radius 3 is 2.62 bits per heavy atom. The van der Waals surface area contributed by atoms with Crippen LogP contribution in [0.4, 0.5) is 11.4 Å². The summed E-state index contributed by atoms with van der Waals surface area (Å²) in [7, 11) is 0. The number of anilines is 2. The van der Waals surface area contributed by atoms with Crippen LogP contribution in [0.15, 0.2) is 71.2 Å². The number of nitrogens with one attached hydrogen (secondary N) is 1. The Labute approximate surface area is 170 Å². The summed E-state index contributed by atoms with van der Waals surface area (Å²) >= 11 is 5.99. The fourth-order valence-corrected chi connectivity index (χ4v) is 4.42. The Balaban J connectivity index is 1.86. The van der Waals surface area contributed by atoms with Crippen molar-refractivity contribution in [3.63, 3.8) is 0 Å². The second-order valence-electron chi connectivity index (χ2n) is 6.83. The van der Waals surface area contributed by atoms with E-state index in [1.54, 1.807) is 53.4 Å². The van der Waals surface area contributed by atoms with E-state index in [2.05, 4.69) is 11.4 Å². The van der Waals surface area contributed by atoms with Crippen LogP contribution < -0.4 is 16.0 Å². The molecule has 8 heteroatoms. The lowest BCUT2D eigenvalue weighted by Gasteiger charge is -2.38. The first-order valence-electron chi connectivity index (χ1n) is 8.78. The minimum absolute atomic E-state index is 0.0208. The molecule has 0 aromatic heterocycles. The van der Waals surface area contributed by atoms with Crippen molar-refractivity contribution in [3.05, 3.63) is 81.8 Å². The smallest absolute Gasteiger partial charge is 0.338 e. The molecule has 5 rings (SSSR count). The predicted octanol–water partition coefficient (Wildman–Crippen LogP) is 2.55. The van der Waals surface area contributed by atoms with Crippen molar-refractivity contribution >= 4 is 34.9 Å². The van der Waals surface area contributed by atoms with E-state index in [1.807, 2.05) is 0 Å². The number of carbonyl (C=O) groups excluding carboxylic acids is 2. The van der Waals surface area contributed by atoms with Crippen molar-refractivity contribution in [2.24, 2.45) is 5.73 Å². The maximum Gasteiger partial charge on any atom is 0.338 e. The predicted molar refractivity (Wildman–Crippen MR) is 105 cm³/mol. The maximum absolute atomic E-state index is 13.3. The topological polar surface area (TPSA) is 108 Å². The average molecular weight is 405 g/mol. The largest absolute Gasteiger partial charge is 0.456 e. The number of nitriles is 1. The van der Waals surface area contributed by atoms with Crippen LogP contribution in [0.5, 0.6) is 0 Å². The number of fused-ring (bicyclic) bond motifs is 3. The molecule has 29 heavy (non-hydrogen) atoms. The van der Waals surface area contributed by atoms with E-state index in [-0.39, 0.29) is 23.6 Å². The Morgan fingerprint density at radius 2 is 1.90 bits per heavy atom. The molecule has 0 unspecified atom stereocenters. The number of nitrogens with two attached hydrogens (primary N) is 1. The van der Waals surface area contributed by atoms with Gasteiger partial charge in [-0.1, -0.05) is 29.8 Å². The van der Waals surface area contributed by atoms with Gasteiger partial charge < -0.3 is 15.8 Å². The summed E-state index contributed by atoms with van der Waals surface area (Å²) in [6, 6.07) is 15.8. The Kier molecular flexibility index (Phi) is 3.51. The van der Waals surface area contributed by atoms with Gasteiger partial charge in [0.05, 0.1) is 16.8 Å². The summed E-state index contributed by atoms with van der Waals surface area (Å²) in [4.78, 5) is 27.7. The van der Waals surface area contributed by atoms with Crippen LogP contribution in [0.3, 0.4) is 0 Å². The number of cyclic esters (lactones) is 1. The van der Waals surface area contributed by atoms with Crippen LogP contribution in [0.1, 0.15) is 5.56 Å². The minimum atomic E-state index is -1.64. The van der Waals surface area contributed by atoms with E-state index in [0.29, 0.717) is 27.7 Å². The van der Waals surface area contributed by atoms with Crippen molar-refractivity contribution in [3.8, 4) is 6.07 Å². The first-order chi connectivity index (χ1) is 14.0. The van der Waals surface area contributed by atoms with Gasteiger partial charge in [-0.2, -0.15) is 5.26 Å². The lowest BCUT2D eigenvalue weighted by Crippen LogP contribution is -2.48. The first-order valence-corrected chi connectivity index (χ1v) is 9.15. The third kappa shape index (κ3) is 2.06. The maximum atomic E-state index is 13.3. The van der Waals surface area contributed by atoms with Gasteiger partial charge in [0.15, 0.2) is 0 Å². The molecule has 1 atom stereocenters. The fraction of sp³-hybridized carbons (Fsp3) is 0.0952. The molecule has 0 fully saturated rings. The van der Waals surface area contributed by atoms with Gasteiger partial charge >= 0.3 is 5.97 Å². The average Bonchev–Trinajstić information content (AvgIpc) is 3.22. The molecule has 0 radical (unpaired) electrons. The highest BCUT2D eigenvalue weighted by atomic mass is 35.5. The van der Waals surface area contributed by atoms with Crippen molar-refractivity contribution in [1.82, 2.24) is 0 Å². The summed E-state index contributed by atoms with van der Waals surface area (Å²) in [6.07, 6.45) is 0. The Bertz CT molecular complexity index is 1210. The standard InChI is InChI=1S/C21H13ClN4O3/c22-11-5-7-12(8-6-11)26-16-10-29-19(27)17(16)21(14(9-23)18(26)24)13-3-1-2-4-15(13)25-20(21)28/h1-8H,10,24H2,(H,25,28)/t21-/m1/s1. The SMILES string of the molecule is N#CC1=C(N)N(c2ccc(Cl)cc2)C2=C(C(=O)OC2)[C@]12C(=O)Nc1ccccc12. The van der Waals surface area contributed by atoms with Crippen molar-refractivity contribution in [1.29, 1.82) is 5.26 Å². The van der Waals surface area contributed by atoms with Crippen molar-refractivity contribution in [2.75, 3.05) is 16.8 Å². The molecular weight excluding hydrogens is 392 g/mol. The number of halogens is 1. The number of ether oxygens (including phenoxy) is 1. The van der Waals surface area contributed by atoms with E-state index >= 15 is 0 Å². The molecule has 0 saturated heterocycles. The summed E-state index contributed by atoms with van der Waals surface area (Å²) in [5.41, 5.74) is 6.97. The molecule has 1 amide bonds. The quantitative estimate of drug-likeness (QED) is 0.707. The number of hydrogen-bond acceptors (Lipinski definition) is 6. The summed E-state index contributed by atoms with van der Waals surface area (Å²) in [5.74, 6) is -1.08. The number of amides is 1. The summed E-state index contributed by atoms with van der Waals surface area (Å²) < 4.78 is 5.31. The van der Waals surface area contributed by atoms with E-state index in [4.69, 9.17) is 22.1 Å². The molecule has 2 aromatic rings. The van der Waals surface area contributed by atoms with Gasteiger partial charge in [-0.3, -0.25) is 9.69 Å². The van der Waals surface area contributed by atoms with Crippen LogP contribution in [0.2, 0.25) is 5.02 Å². The molecule has 3 heterocycles. The number of carbonyl (C=O) groups is 2. The third-order valence-electron chi connectivity index (χ3n) is 5.47. The highest BCUT2D eigenvalue weighted by Gasteiger charge is 2.61. The monoisotopic (exact) mass is 404 g/mol. The molecule has 0 bridgehead atoms. The number of hydrogen-bond donors (Lipinski definition) is 2. The zero-order valence-electron chi connectivity index (χ0n) is 14.9. The number of benzene rings is 2. The summed E-state index contributed by atoms with van der Waals surface area (Å²) in [5, 5.41) is 13.4. The molecular formula is C21H13ClN4O3. The highest BCUT2D eigenvalue weighted by Crippen LogP contribution is 2.54. The van der Waals surface area contributed by atoms with Gasteiger partial charge in [-0.05, 0) is 30.3 Å². The highest BCUT2D eigenvalue weighted by molar-refractivity contribution is 6.30. The van der Waals surface area contributed by atoms with E-state index in [1.165, 1.54) is 0 Å². The Hall–Kier alpha value is -3.76. The first kappa shape index (κ1) is 17.3. The van der Waals surface area contributed by atoms with Gasteiger partial charge in [-0.25, -0.2) is 4.79 Å². The van der Waals surface area contributed by atoms with Gasteiger partial charge in [0.1, 0.15) is 23.9 Å². The van der Waals surface area contributed by atoms with Gasteiger partial charge in [0.2, 0.25) is 5.91 Å². The molecule has 142 valence electrons. The van der Waals surface area contributed by atoms with Crippen molar-refractivity contribution in [2.45, 2.75) is 5.41 Å². The molecule has 3 aliphatic rings. The second-order valence-corrected chi connectivity index (χ2v) is 7.27. The van der Waals surface area contributed by atoms with E-state index in [0.717, 1.165) is 0 Å². The minimum Gasteiger partial charge on any atom is -0.456 e.